The van der Waals surface area contributed by atoms with E-state index >= 15 is 0 Å². The third-order valence-corrected chi connectivity index (χ3v) is 3.51. The number of aliphatic hydroxyl groups excluding tert-OH is 1. The van der Waals surface area contributed by atoms with Gasteiger partial charge in [0.1, 0.15) is 24.1 Å². The van der Waals surface area contributed by atoms with Gasteiger partial charge in [0.05, 0.1) is 0 Å². The topological polar surface area (TPSA) is 90.1 Å². The highest BCUT2D eigenvalue weighted by Crippen LogP contribution is 2.20. The zero-order valence-electron chi connectivity index (χ0n) is 12.2. The lowest BCUT2D eigenvalue weighted by molar-refractivity contribution is -0.122. The van der Waals surface area contributed by atoms with Gasteiger partial charge in [-0.05, 0) is 35.9 Å². The van der Waals surface area contributed by atoms with Gasteiger partial charge in [-0.1, -0.05) is 23.7 Å². The summed E-state index contributed by atoms with van der Waals surface area (Å²) < 4.78 is 0. The van der Waals surface area contributed by atoms with Gasteiger partial charge in [-0.25, -0.2) is 0 Å². The second-order valence-electron chi connectivity index (χ2n) is 4.99. The lowest BCUT2D eigenvalue weighted by atomic mass is 10.0. The zero-order valence-corrected chi connectivity index (χ0v) is 12.9. The number of halogens is 1. The molecule has 2 aromatic rings. The molecule has 0 saturated heterocycles. The Bertz CT molecular complexity index is 713. The maximum Gasteiger partial charge on any atom is 0.182 e. The largest absolute Gasteiger partial charge is 0.508 e. The number of phenolic OH excluding ortho intramolecular Hbond substituents is 2. The molecule has 120 valence electrons. The molecule has 0 radical (unpaired) electrons. The highest BCUT2D eigenvalue weighted by atomic mass is 35.5. The molecule has 23 heavy (non-hydrogen) atoms. The van der Waals surface area contributed by atoms with E-state index in [9.17, 15) is 15.0 Å². The van der Waals surface area contributed by atoms with Gasteiger partial charge in [0.2, 0.25) is 0 Å². The number of benzene rings is 2. The van der Waals surface area contributed by atoms with Crippen LogP contribution in [0.1, 0.15) is 11.1 Å². The van der Waals surface area contributed by atoms with E-state index in [4.69, 9.17) is 16.7 Å². The summed E-state index contributed by atoms with van der Waals surface area (Å²) in [6.45, 7) is -0.623. The summed E-state index contributed by atoms with van der Waals surface area (Å²) in [5.74, 6) is -0.306. The van der Waals surface area contributed by atoms with Crippen LogP contribution in [0.2, 0.25) is 5.02 Å². The molecule has 0 saturated carbocycles. The van der Waals surface area contributed by atoms with Crippen LogP contribution >= 0.6 is 11.6 Å². The fourth-order valence-electron chi connectivity index (χ4n) is 2.01. The molecule has 5 nitrogen and oxygen atoms in total. The number of aliphatic hydroxyl groups is 1. The van der Waals surface area contributed by atoms with Crippen LogP contribution in [0, 0.1) is 0 Å². The highest BCUT2D eigenvalue weighted by molar-refractivity contribution is 6.30. The Morgan fingerprint density at radius 1 is 1.17 bits per heavy atom. The molecule has 1 atom stereocenters. The number of hydrogen-bond acceptors (Lipinski definition) is 5. The Morgan fingerprint density at radius 2 is 1.87 bits per heavy atom. The number of aliphatic imine (C=N–C) groups is 1. The molecule has 1 unspecified atom stereocenters. The first kappa shape index (κ1) is 17.0. The molecule has 0 amide bonds. The quantitative estimate of drug-likeness (QED) is 0.708. The lowest BCUT2D eigenvalue weighted by Gasteiger charge is -2.10. The van der Waals surface area contributed by atoms with Crippen molar-refractivity contribution in [3.05, 3.63) is 58.6 Å². The molecule has 0 aromatic heterocycles. The van der Waals surface area contributed by atoms with Crippen molar-refractivity contribution in [1.82, 2.24) is 0 Å². The van der Waals surface area contributed by atoms with Gasteiger partial charge in [0, 0.05) is 23.2 Å². The Balaban J connectivity index is 2.21. The number of carbonyl (C=O) groups excluding carboxylic acids is 1. The molecule has 6 heteroatoms. The highest BCUT2D eigenvalue weighted by Gasteiger charge is 2.16. The van der Waals surface area contributed by atoms with Crippen LogP contribution in [0.5, 0.6) is 11.5 Å². The average molecular weight is 334 g/mol. The second-order valence-corrected chi connectivity index (χ2v) is 5.43. The van der Waals surface area contributed by atoms with Gasteiger partial charge < -0.3 is 15.3 Å². The van der Waals surface area contributed by atoms with Crippen LogP contribution < -0.4 is 0 Å². The molecule has 2 rings (SSSR count). The number of Topliss-reactive ketones (excluding diaryl/α,β-unsaturated/α-hetero) is 1. The SMILES string of the molecule is O=C(CO)C(Cc1ccc(O)cc1)/N=C\c1cc(Cl)ccc1O. The minimum atomic E-state index is -0.789. The first-order chi connectivity index (χ1) is 11.0. The Morgan fingerprint density at radius 3 is 2.52 bits per heavy atom. The third-order valence-electron chi connectivity index (χ3n) is 3.28. The van der Waals surface area contributed by atoms with Crippen molar-refractivity contribution < 1.29 is 20.1 Å². The van der Waals surface area contributed by atoms with Gasteiger partial charge in [0.15, 0.2) is 5.78 Å². The normalized spacial score (nSPS) is 12.4. The van der Waals surface area contributed by atoms with Gasteiger partial charge in [-0.15, -0.1) is 0 Å². The molecular weight excluding hydrogens is 318 g/mol. The number of phenols is 2. The van der Waals surface area contributed by atoms with E-state index in [1.165, 1.54) is 30.5 Å². The lowest BCUT2D eigenvalue weighted by Crippen LogP contribution is -2.24. The van der Waals surface area contributed by atoms with Crippen molar-refractivity contribution in [2.45, 2.75) is 12.5 Å². The van der Waals surface area contributed by atoms with E-state index in [1.54, 1.807) is 18.2 Å². The molecule has 2 aromatic carbocycles. The zero-order chi connectivity index (χ0) is 16.8. The Kier molecular flexibility index (Phi) is 5.73. The summed E-state index contributed by atoms with van der Waals surface area (Å²) in [6.07, 6.45) is 1.64. The number of nitrogens with zero attached hydrogens (tertiary/aromatic N) is 1. The van der Waals surface area contributed by atoms with Crippen molar-refractivity contribution in [3.63, 3.8) is 0 Å². The smallest absolute Gasteiger partial charge is 0.182 e. The van der Waals surface area contributed by atoms with Crippen molar-refractivity contribution in [1.29, 1.82) is 0 Å². The van der Waals surface area contributed by atoms with E-state index in [1.807, 2.05) is 0 Å². The van der Waals surface area contributed by atoms with E-state index in [-0.39, 0.29) is 17.9 Å². The van der Waals surface area contributed by atoms with Crippen LogP contribution in [0.4, 0.5) is 0 Å². The van der Waals surface area contributed by atoms with E-state index in [0.29, 0.717) is 10.6 Å². The first-order valence-corrected chi connectivity index (χ1v) is 7.30. The van der Waals surface area contributed by atoms with Gasteiger partial charge in [-0.2, -0.15) is 0 Å². The molecule has 3 N–H and O–H groups in total. The molecule has 0 heterocycles. The van der Waals surface area contributed by atoms with Crippen LogP contribution in [0.25, 0.3) is 0 Å². The van der Waals surface area contributed by atoms with Crippen molar-refractivity contribution in [2.24, 2.45) is 4.99 Å². The van der Waals surface area contributed by atoms with E-state index in [2.05, 4.69) is 4.99 Å². The molecule has 0 fully saturated rings. The predicted molar refractivity (Wildman–Crippen MR) is 88.4 cm³/mol. The maximum atomic E-state index is 11.9. The summed E-state index contributed by atoms with van der Waals surface area (Å²) in [4.78, 5) is 16.0. The number of aromatic hydroxyl groups is 2. The molecule has 0 aliphatic heterocycles. The van der Waals surface area contributed by atoms with E-state index in [0.717, 1.165) is 5.56 Å². The van der Waals surface area contributed by atoms with Crippen LogP contribution in [0.3, 0.4) is 0 Å². The molecule has 0 spiro atoms. The summed E-state index contributed by atoms with van der Waals surface area (Å²) in [5, 5.41) is 28.6. The Labute approximate surface area is 138 Å². The third kappa shape index (κ3) is 4.81. The van der Waals surface area contributed by atoms with Gasteiger partial charge >= 0.3 is 0 Å². The number of ketones is 1. The van der Waals surface area contributed by atoms with Crippen LogP contribution in [0.15, 0.2) is 47.5 Å². The van der Waals surface area contributed by atoms with Crippen LogP contribution in [-0.2, 0) is 11.2 Å². The monoisotopic (exact) mass is 333 g/mol. The van der Waals surface area contributed by atoms with Gasteiger partial charge in [-0.3, -0.25) is 9.79 Å². The predicted octanol–water partition coefficient (Wildman–Crippen LogP) is 2.34. The van der Waals surface area contributed by atoms with Crippen molar-refractivity contribution >= 4 is 23.6 Å². The minimum absolute atomic E-state index is 0.00187. The van der Waals surface area contributed by atoms with Crippen LogP contribution in [-0.4, -0.2) is 40.0 Å². The molecule has 0 aliphatic carbocycles. The summed E-state index contributed by atoms with van der Waals surface area (Å²) in [7, 11) is 0. The fraction of sp³-hybridized carbons (Fsp3) is 0.176. The number of carbonyl (C=O) groups is 1. The molecule has 0 aliphatic rings. The summed E-state index contributed by atoms with van der Waals surface area (Å²) in [5.41, 5.74) is 1.18. The summed E-state index contributed by atoms with van der Waals surface area (Å²) >= 11 is 5.86. The second kappa shape index (κ2) is 7.76. The Hall–Kier alpha value is -2.37. The maximum absolute atomic E-state index is 11.9. The number of hydrogen-bond donors (Lipinski definition) is 3. The fourth-order valence-corrected chi connectivity index (χ4v) is 2.19. The van der Waals surface area contributed by atoms with Gasteiger partial charge in [0.25, 0.3) is 0 Å². The standard InChI is InChI=1S/C17H16ClNO4/c18-13-3-6-16(22)12(8-13)9-19-15(17(23)10-20)7-11-1-4-14(21)5-2-11/h1-6,8-9,15,20-22H,7,10H2/b19-9-. The molecular formula is C17H16ClNO4. The number of rotatable bonds is 6. The van der Waals surface area contributed by atoms with Crippen molar-refractivity contribution in [2.75, 3.05) is 6.61 Å². The van der Waals surface area contributed by atoms with E-state index < -0.39 is 18.4 Å². The minimum Gasteiger partial charge on any atom is -0.508 e. The molecule has 0 bridgehead atoms. The summed E-state index contributed by atoms with van der Waals surface area (Å²) in [6, 6.07) is 10.1. The first-order valence-electron chi connectivity index (χ1n) is 6.93. The average Bonchev–Trinajstić information content (AvgIpc) is 2.55. The van der Waals surface area contributed by atoms with Crippen molar-refractivity contribution in [3.8, 4) is 11.5 Å².